The molecule has 0 fully saturated rings. The summed E-state index contributed by atoms with van der Waals surface area (Å²) in [5.41, 5.74) is 1.18. The number of anilines is 2. The van der Waals surface area contributed by atoms with Crippen molar-refractivity contribution in [3.8, 4) is 0 Å². The first-order chi connectivity index (χ1) is 9.10. The summed E-state index contributed by atoms with van der Waals surface area (Å²) in [4.78, 5) is 4.35. The van der Waals surface area contributed by atoms with Crippen LogP contribution < -0.4 is 5.32 Å². The van der Waals surface area contributed by atoms with E-state index in [1.165, 1.54) is 23.5 Å². The van der Waals surface area contributed by atoms with Crippen molar-refractivity contribution in [2.75, 3.05) is 5.32 Å². The number of fused-ring (bicyclic) bond motifs is 1. The van der Waals surface area contributed by atoms with Gasteiger partial charge in [0.15, 0.2) is 5.13 Å². The Labute approximate surface area is 120 Å². The molecule has 0 aliphatic rings. The zero-order valence-electron chi connectivity index (χ0n) is 9.45. The van der Waals surface area contributed by atoms with E-state index in [9.17, 15) is 8.78 Å². The number of thiazole rings is 1. The summed E-state index contributed by atoms with van der Waals surface area (Å²) >= 11 is 4.81. The normalized spacial score (nSPS) is 10.9. The van der Waals surface area contributed by atoms with Crippen LogP contribution in [0.25, 0.3) is 10.2 Å². The molecule has 0 aliphatic carbocycles. The van der Waals surface area contributed by atoms with E-state index in [4.69, 9.17) is 0 Å². The molecule has 2 aromatic carbocycles. The largest absolute Gasteiger partial charge is 0.331 e. The molecule has 0 spiro atoms. The summed E-state index contributed by atoms with van der Waals surface area (Å²) in [6, 6.07) is 9.02. The maximum atomic E-state index is 13.1. The molecule has 96 valence electrons. The highest BCUT2D eigenvalue weighted by atomic mass is 79.9. The predicted molar refractivity (Wildman–Crippen MR) is 77.0 cm³/mol. The first kappa shape index (κ1) is 12.5. The third kappa shape index (κ3) is 2.74. The van der Waals surface area contributed by atoms with Crippen molar-refractivity contribution < 1.29 is 8.78 Å². The van der Waals surface area contributed by atoms with Crippen molar-refractivity contribution in [3.05, 3.63) is 52.5 Å². The van der Waals surface area contributed by atoms with Gasteiger partial charge in [-0.1, -0.05) is 27.3 Å². The van der Waals surface area contributed by atoms with E-state index in [-0.39, 0.29) is 0 Å². The molecule has 0 saturated carbocycles. The summed E-state index contributed by atoms with van der Waals surface area (Å²) in [5.74, 6) is -1.24. The molecule has 2 nitrogen and oxygen atoms in total. The molecule has 0 saturated heterocycles. The highest BCUT2D eigenvalue weighted by Crippen LogP contribution is 2.30. The van der Waals surface area contributed by atoms with Crippen LogP contribution in [0, 0.1) is 11.6 Å². The second kappa shape index (κ2) is 4.86. The van der Waals surface area contributed by atoms with E-state index < -0.39 is 11.6 Å². The lowest BCUT2D eigenvalue weighted by atomic mass is 10.3. The third-order valence-corrected chi connectivity index (χ3v) is 3.89. The number of rotatable bonds is 2. The monoisotopic (exact) mass is 340 g/mol. The average Bonchev–Trinajstić information content (AvgIpc) is 2.68. The van der Waals surface area contributed by atoms with E-state index >= 15 is 0 Å². The molecule has 0 bridgehead atoms. The molecule has 0 unspecified atom stereocenters. The summed E-state index contributed by atoms with van der Waals surface area (Å²) in [6.45, 7) is 0. The Bertz CT molecular complexity index is 737. The minimum absolute atomic E-state index is 0.343. The van der Waals surface area contributed by atoms with Crippen LogP contribution in [0.1, 0.15) is 0 Å². The minimum atomic E-state index is -0.619. The molecule has 3 rings (SSSR count). The van der Waals surface area contributed by atoms with Crippen LogP contribution in [0.3, 0.4) is 0 Å². The second-order valence-electron chi connectivity index (χ2n) is 3.91. The molecule has 6 heteroatoms. The lowest BCUT2D eigenvalue weighted by Gasteiger charge is -2.02. The molecule has 19 heavy (non-hydrogen) atoms. The molecular formula is C13H7BrF2N2S. The van der Waals surface area contributed by atoms with E-state index in [2.05, 4.69) is 26.2 Å². The first-order valence-corrected chi connectivity index (χ1v) is 7.00. The van der Waals surface area contributed by atoms with Gasteiger partial charge in [0.1, 0.15) is 11.6 Å². The highest BCUT2D eigenvalue weighted by Gasteiger charge is 2.06. The van der Waals surface area contributed by atoms with Gasteiger partial charge in [0.25, 0.3) is 0 Å². The standard InChI is InChI=1S/C13H7BrF2N2S/c14-7-1-2-11-12(3-7)19-13(18-11)17-10-5-8(15)4-9(16)6-10/h1-6H,(H,17,18). The fraction of sp³-hybridized carbons (Fsp3) is 0. The molecule has 3 aromatic rings. The number of benzene rings is 2. The Balaban J connectivity index is 1.96. The van der Waals surface area contributed by atoms with Gasteiger partial charge < -0.3 is 5.32 Å². The number of halogens is 3. The van der Waals surface area contributed by atoms with Gasteiger partial charge in [-0.05, 0) is 30.3 Å². The van der Waals surface area contributed by atoms with E-state index in [0.29, 0.717) is 10.8 Å². The van der Waals surface area contributed by atoms with Gasteiger partial charge in [-0.3, -0.25) is 0 Å². The maximum absolute atomic E-state index is 13.1. The quantitative estimate of drug-likeness (QED) is 0.703. The maximum Gasteiger partial charge on any atom is 0.188 e. The van der Waals surface area contributed by atoms with Gasteiger partial charge in [-0.15, -0.1) is 0 Å². The molecule has 0 atom stereocenters. The Morgan fingerprint density at radius 1 is 1.05 bits per heavy atom. The first-order valence-electron chi connectivity index (χ1n) is 5.39. The Morgan fingerprint density at radius 3 is 2.53 bits per heavy atom. The number of hydrogen-bond acceptors (Lipinski definition) is 3. The van der Waals surface area contributed by atoms with Crippen molar-refractivity contribution in [2.24, 2.45) is 0 Å². The summed E-state index contributed by atoms with van der Waals surface area (Å²) in [5, 5.41) is 3.50. The fourth-order valence-electron chi connectivity index (χ4n) is 1.70. The smallest absolute Gasteiger partial charge is 0.188 e. The number of hydrogen-bond donors (Lipinski definition) is 1. The molecule has 0 aliphatic heterocycles. The second-order valence-corrected chi connectivity index (χ2v) is 5.86. The van der Waals surface area contributed by atoms with Crippen LogP contribution in [-0.4, -0.2) is 4.98 Å². The molecule has 1 heterocycles. The summed E-state index contributed by atoms with van der Waals surface area (Å²) in [7, 11) is 0. The van der Waals surface area contributed by atoms with Crippen molar-refractivity contribution in [1.29, 1.82) is 0 Å². The van der Waals surface area contributed by atoms with E-state index in [0.717, 1.165) is 20.8 Å². The lowest BCUT2D eigenvalue weighted by molar-refractivity contribution is 0.584. The van der Waals surface area contributed by atoms with Gasteiger partial charge >= 0.3 is 0 Å². The van der Waals surface area contributed by atoms with Gasteiger partial charge in [0.05, 0.1) is 10.2 Å². The number of nitrogens with one attached hydrogen (secondary N) is 1. The zero-order chi connectivity index (χ0) is 13.4. The molecule has 0 amide bonds. The topological polar surface area (TPSA) is 24.9 Å². The van der Waals surface area contributed by atoms with Gasteiger partial charge in [0.2, 0.25) is 0 Å². The minimum Gasteiger partial charge on any atom is -0.331 e. The average molecular weight is 341 g/mol. The lowest BCUT2D eigenvalue weighted by Crippen LogP contribution is -1.91. The van der Waals surface area contributed by atoms with Crippen LogP contribution in [0.2, 0.25) is 0 Å². The summed E-state index contributed by atoms with van der Waals surface area (Å²) < 4.78 is 28.1. The molecule has 1 aromatic heterocycles. The van der Waals surface area contributed by atoms with Crippen molar-refractivity contribution in [2.45, 2.75) is 0 Å². The van der Waals surface area contributed by atoms with Gasteiger partial charge in [-0.2, -0.15) is 0 Å². The van der Waals surface area contributed by atoms with Crippen LogP contribution in [0.4, 0.5) is 19.6 Å². The van der Waals surface area contributed by atoms with E-state index in [1.54, 1.807) is 0 Å². The number of nitrogens with zero attached hydrogens (tertiary/aromatic N) is 1. The molecule has 1 N–H and O–H groups in total. The highest BCUT2D eigenvalue weighted by molar-refractivity contribution is 9.10. The van der Waals surface area contributed by atoms with Crippen LogP contribution >= 0.6 is 27.3 Å². The van der Waals surface area contributed by atoms with E-state index in [1.807, 2.05) is 18.2 Å². The van der Waals surface area contributed by atoms with Crippen molar-refractivity contribution in [3.63, 3.8) is 0 Å². The van der Waals surface area contributed by atoms with Crippen molar-refractivity contribution >= 4 is 48.3 Å². The van der Waals surface area contributed by atoms with Gasteiger partial charge in [-0.25, -0.2) is 13.8 Å². The molecular weight excluding hydrogens is 334 g/mol. The van der Waals surface area contributed by atoms with Crippen LogP contribution in [0.5, 0.6) is 0 Å². The third-order valence-electron chi connectivity index (χ3n) is 2.46. The summed E-state index contributed by atoms with van der Waals surface area (Å²) in [6.07, 6.45) is 0. The number of aromatic nitrogens is 1. The Kier molecular flexibility index (Phi) is 3.20. The fourth-order valence-corrected chi connectivity index (χ4v) is 3.14. The SMILES string of the molecule is Fc1cc(F)cc(Nc2nc3ccc(Br)cc3s2)c1. The van der Waals surface area contributed by atoms with Crippen LogP contribution in [-0.2, 0) is 0 Å². The van der Waals surface area contributed by atoms with Crippen molar-refractivity contribution in [1.82, 2.24) is 4.98 Å². The van der Waals surface area contributed by atoms with Crippen LogP contribution in [0.15, 0.2) is 40.9 Å². The predicted octanol–water partition coefficient (Wildman–Crippen LogP) is 5.08. The Morgan fingerprint density at radius 2 is 1.79 bits per heavy atom. The Hall–Kier alpha value is -1.53. The zero-order valence-corrected chi connectivity index (χ0v) is 11.9. The van der Waals surface area contributed by atoms with Gasteiger partial charge in [0, 0.05) is 16.2 Å². The molecule has 0 radical (unpaired) electrons.